The van der Waals surface area contributed by atoms with E-state index in [4.69, 9.17) is 14.2 Å². The standard InChI is InChI=1S/C24H33NO4/c1-4-5-6-7-8-9-16-28-20-11-13-21(14-12-20)29-18-24(26)25-22-17-19(2)10-15-23(22)27-3/h10-15,17H,4-9,16,18H2,1-3H3,(H,25,26). The Morgan fingerprint density at radius 2 is 1.55 bits per heavy atom. The summed E-state index contributed by atoms with van der Waals surface area (Å²) >= 11 is 0. The monoisotopic (exact) mass is 399 g/mol. The smallest absolute Gasteiger partial charge is 0.262 e. The van der Waals surface area contributed by atoms with Gasteiger partial charge in [-0.1, -0.05) is 45.1 Å². The summed E-state index contributed by atoms with van der Waals surface area (Å²) in [5.74, 6) is 1.83. The quantitative estimate of drug-likeness (QED) is 0.435. The summed E-state index contributed by atoms with van der Waals surface area (Å²) < 4.78 is 16.6. The van der Waals surface area contributed by atoms with E-state index in [0.29, 0.717) is 17.2 Å². The Labute approximate surface area is 174 Å². The Morgan fingerprint density at radius 1 is 0.897 bits per heavy atom. The molecular formula is C24H33NO4. The Balaban J connectivity index is 1.70. The average molecular weight is 400 g/mol. The summed E-state index contributed by atoms with van der Waals surface area (Å²) in [6, 6.07) is 13.0. The van der Waals surface area contributed by atoms with Gasteiger partial charge in [0.1, 0.15) is 17.2 Å². The lowest BCUT2D eigenvalue weighted by molar-refractivity contribution is -0.118. The van der Waals surface area contributed by atoms with Gasteiger partial charge in [-0.3, -0.25) is 4.79 Å². The van der Waals surface area contributed by atoms with Crippen LogP contribution in [0.25, 0.3) is 0 Å². The van der Waals surface area contributed by atoms with E-state index in [1.165, 1.54) is 32.1 Å². The molecule has 0 aliphatic rings. The molecule has 0 fully saturated rings. The Hall–Kier alpha value is -2.69. The van der Waals surface area contributed by atoms with Crippen molar-refractivity contribution >= 4 is 11.6 Å². The fraction of sp³-hybridized carbons (Fsp3) is 0.458. The predicted octanol–water partition coefficient (Wildman–Crippen LogP) is 5.76. The van der Waals surface area contributed by atoms with E-state index >= 15 is 0 Å². The van der Waals surface area contributed by atoms with Crippen LogP contribution in [-0.4, -0.2) is 26.2 Å². The number of ether oxygens (including phenoxy) is 3. The number of unbranched alkanes of at least 4 members (excludes halogenated alkanes) is 5. The molecule has 158 valence electrons. The molecule has 0 unspecified atom stereocenters. The van der Waals surface area contributed by atoms with Crippen LogP contribution in [0.1, 0.15) is 51.0 Å². The minimum Gasteiger partial charge on any atom is -0.495 e. The summed E-state index contributed by atoms with van der Waals surface area (Å²) in [5, 5.41) is 2.82. The van der Waals surface area contributed by atoms with Gasteiger partial charge in [-0.05, 0) is 55.3 Å². The molecule has 0 radical (unpaired) electrons. The van der Waals surface area contributed by atoms with Crippen molar-refractivity contribution < 1.29 is 19.0 Å². The second-order valence-corrected chi connectivity index (χ2v) is 7.13. The van der Waals surface area contributed by atoms with Gasteiger partial charge in [-0.15, -0.1) is 0 Å². The van der Waals surface area contributed by atoms with E-state index in [-0.39, 0.29) is 12.5 Å². The molecule has 2 rings (SSSR count). The number of carbonyl (C=O) groups excluding carboxylic acids is 1. The van der Waals surface area contributed by atoms with Crippen molar-refractivity contribution in [3.05, 3.63) is 48.0 Å². The van der Waals surface area contributed by atoms with E-state index in [9.17, 15) is 4.79 Å². The molecule has 2 aromatic rings. The average Bonchev–Trinajstić information content (AvgIpc) is 2.72. The minimum absolute atomic E-state index is 0.0743. The van der Waals surface area contributed by atoms with Crippen LogP contribution < -0.4 is 19.5 Å². The maximum Gasteiger partial charge on any atom is 0.262 e. The molecule has 0 saturated carbocycles. The van der Waals surface area contributed by atoms with Crippen molar-refractivity contribution in [2.24, 2.45) is 0 Å². The van der Waals surface area contributed by atoms with Gasteiger partial charge in [0, 0.05) is 0 Å². The number of aryl methyl sites for hydroxylation is 1. The Kier molecular flexibility index (Phi) is 9.90. The molecule has 5 nitrogen and oxygen atoms in total. The molecule has 1 amide bonds. The van der Waals surface area contributed by atoms with Crippen molar-refractivity contribution in [3.8, 4) is 17.2 Å². The second-order valence-electron chi connectivity index (χ2n) is 7.13. The molecule has 0 saturated heterocycles. The third kappa shape index (κ3) is 8.46. The molecule has 0 bridgehead atoms. The Morgan fingerprint density at radius 3 is 2.24 bits per heavy atom. The van der Waals surface area contributed by atoms with E-state index in [1.54, 1.807) is 7.11 Å². The molecule has 5 heteroatoms. The number of nitrogens with one attached hydrogen (secondary N) is 1. The van der Waals surface area contributed by atoms with Gasteiger partial charge in [0.2, 0.25) is 0 Å². The number of rotatable bonds is 13. The lowest BCUT2D eigenvalue weighted by Crippen LogP contribution is -2.20. The number of anilines is 1. The summed E-state index contributed by atoms with van der Waals surface area (Å²) in [5.41, 5.74) is 1.68. The van der Waals surface area contributed by atoms with Crippen molar-refractivity contribution in [1.82, 2.24) is 0 Å². The molecule has 29 heavy (non-hydrogen) atoms. The van der Waals surface area contributed by atoms with Crippen LogP contribution in [0.15, 0.2) is 42.5 Å². The third-order valence-corrected chi connectivity index (χ3v) is 4.59. The number of hydrogen-bond donors (Lipinski definition) is 1. The molecule has 0 heterocycles. The first kappa shape index (κ1) is 22.6. The van der Waals surface area contributed by atoms with Crippen LogP contribution >= 0.6 is 0 Å². The first-order chi connectivity index (χ1) is 14.1. The zero-order chi connectivity index (χ0) is 20.9. The van der Waals surface area contributed by atoms with Crippen molar-refractivity contribution in [1.29, 1.82) is 0 Å². The highest BCUT2D eigenvalue weighted by Gasteiger charge is 2.09. The summed E-state index contributed by atoms with van der Waals surface area (Å²) in [6.45, 7) is 4.84. The highest BCUT2D eigenvalue weighted by Crippen LogP contribution is 2.25. The van der Waals surface area contributed by atoms with Crippen LogP contribution in [0.5, 0.6) is 17.2 Å². The van der Waals surface area contributed by atoms with Gasteiger partial charge in [-0.25, -0.2) is 0 Å². The Bertz CT molecular complexity index is 743. The molecule has 0 aliphatic carbocycles. The van der Waals surface area contributed by atoms with Crippen molar-refractivity contribution in [2.45, 2.75) is 52.4 Å². The molecule has 2 aromatic carbocycles. The van der Waals surface area contributed by atoms with E-state index in [2.05, 4.69) is 12.2 Å². The fourth-order valence-corrected chi connectivity index (χ4v) is 2.96. The van der Waals surface area contributed by atoms with E-state index in [1.807, 2.05) is 49.4 Å². The van der Waals surface area contributed by atoms with Crippen LogP contribution in [-0.2, 0) is 4.79 Å². The summed E-state index contributed by atoms with van der Waals surface area (Å²) in [4.78, 5) is 12.2. The third-order valence-electron chi connectivity index (χ3n) is 4.59. The highest BCUT2D eigenvalue weighted by molar-refractivity contribution is 5.93. The number of benzene rings is 2. The normalized spacial score (nSPS) is 10.4. The van der Waals surface area contributed by atoms with E-state index < -0.39 is 0 Å². The molecule has 0 atom stereocenters. The predicted molar refractivity (Wildman–Crippen MR) is 117 cm³/mol. The van der Waals surface area contributed by atoms with Gasteiger partial charge in [0.15, 0.2) is 6.61 Å². The SMILES string of the molecule is CCCCCCCCOc1ccc(OCC(=O)Nc2cc(C)ccc2OC)cc1. The lowest BCUT2D eigenvalue weighted by Gasteiger charge is -2.12. The minimum atomic E-state index is -0.239. The van der Waals surface area contributed by atoms with Gasteiger partial charge in [0.05, 0.1) is 19.4 Å². The van der Waals surface area contributed by atoms with Gasteiger partial charge < -0.3 is 19.5 Å². The first-order valence-corrected chi connectivity index (χ1v) is 10.4. The molecule has 0 aliphatic heterocycles. The number of methoxy groups -OCH3 is 1. The molecule has 0 spiro atoms. The molecule has 1 N–H and O–H groups in total. The molecule has 0 aromatic heterocycles. The van der Waals surface area contributed by atoms with Crippen LogP contribution in [0, 0.1) is 6.92 Å². The number of carbonyl (C=O) groups is 1. The number of hydrogen-bond acceptors (Lipinski definition) is 4. The highest BCUT2D eigenvalue weighted by atomic mass is 16.5. The zero-order valence-corrected chi connectivity index (χ0v) is 17.8. The van der Waals surface area contributed by atoms with Crippen molar-refractivity contribution in [3.63, 3.8) is 0 Å². The van der Waals surface area contributed by atoms with Crippen molar-refractivity contribution in [2.75, 3.05) is 25.6 Å². The van der Waals surface area contributed by atoms with E-state index in [0.717, 1.165) is 24.3 Å². The topological polar surface area (TPSA) is 56.8 Å². The van der Waals surface area contributed by atoms with Gasteiger partial charge in [-0.2, -0.15) is 0 Å². The van der Waals surface area contributed by atoms with Crippen LogP contribution in [0.2, 0.25) is 0 Å². The zero-order valence-electron chi connectivity index (χ0n) is 17.8. The molecular weight excluding hydrogens is 366 g/mol. The van der Waals surface area contributed by atoms with Crippen LogP contribution in [0.4, 0.5) is 5.69 Å². The maximum atomic E-state index is 12.2. The fourth-order valence-electron chi connectivity index (χ4n) is 2.96. The number of amides is 1. The van der Waals surface area contributed by atoms with Gasteiger partial charge >= 0.3 is 0 Å². The summed E-state index contributed by atoms with van der Waals surface area (Å²) in [7, 11) is 1.58. The second kappa shape index (κ2) is 12.7. The first-order valence-electron chi connectivity index (χ1n) is 10.4. The van der Waals surface area contributed by atoms with Crippen LogP contribution in [0.3, 0.4) is 0 Å². The maximum absolute atomic E-state index is 12.2. The summed E-state index contributed by atoms with van der Waals surface area (Å²) in [6.07, 6.45) is 7.46. The largest absolute Gasteiger partial charge is 0.495 e. The lowest BCUT2D eigenvalue weighted by atomic mass is 10.1. The van der Waals surface area contributed by atoms with Gasteiger partial charge in [0.25, 0.3) is 5.91 Å².